The minimum Gasteiger partial charge on any atom is -0.496 e. The monoisotopic (exact) mass is 266 g/mol. The summed E-state index contributed by atoms with van der Waals surface area (Å²) >= 11 is 2.05. The van der Waals surface area contributed by atoms with E-state index in [4.69, 9.17) is 10.5 Å². The number of nitrogens with two attached hydrogens (primary N) is 1. The number of nitrogens with zero attached hydrogens (tertiary/aromatic N) is 1. The van der Waals surface area contributed by atoms with Gasteiger partial charge in [-0.3, -0.25) is 4.90 Å². The molecule has 100 valence electrons. The molecule has 1 aliphatic heterocycles. The normalized spacial score (nSPS) is 19.4. The van der Waals surface area contributed by atoms with E-state index >= 15 is 0 Å². The fourth-order valence-corrected chi connectivity index (χ4v) is 3.68. The molecule has 4 heteroatoms. The molecule has 0 aliphatic carbocycles. The molecule has 2 rings (SSSR count). The van der Waals surface area contributed by atoms with Crippen molar-refractivity contribution in [2.24, 2.45) is 5.73 Å². The smallest absolute Gasteiger partial charge is 0.123 e. The Morgan fingerprint density at radius 2 is 2.33 bits per heavy atom. The minimum atomic E-state index is 0.528. The first-order valence-electron chi connectivity index (χ1n) is 6.38. The first kappa shape index (κ1) is 13.7. The zero-order valence-corrected chi connectivity index (χ0v) is 12.0. The highest BCUT2D eigenvalue weighted by Gasteiger charge is 2.20. The van der Waals surface area contributed by atoms with Gasteiger partial charge in [-0.15, -0.1) is 0 Å². The first-order valence-corrected chi connectivity index (χ1v) is 7.54. The number of rotatable bonds is 5. The Balaban J connectivity index is 2.04. The van der Waals surface area contributed by atoms with Crippen molar-refractivity contribution < 1.29 is 4.74 Å². The van der Waals surface area contributed by atoms with Gasteiger partial charge >= 0.3 is 0 Å². The molecule has 1 atom stereocenters. The van der Waals surface area contributed by atoms with E-state index in [1.54, 1.807) is 7.11 Å². The maximum atomic E-state index is 5.75. The molecule has 1 aromatic rings. The van der Waals surface area contributed by atoms with Crippen LogP contribution in [-0.2, 0) is 13.1 Å². The number of hydrogen-bond acceptors (Lipinski definition) is 4. The summed E-state index contributed by atoms with van der Waals surface area (Å²) in [7, 11) is 3.90. The number of thioether (sulfide) groups is 1. The molecule has 0 saturated carbocycles. The van der Waals surface area contributed by atoms with Gasteiger partial charge in [-0.25, -0.2) is 0 Å². The van der Waals surface area contributed by atoms with Crippen molar-refractivity contribution in [2.45, 2.75) is 25.6 Å². The summed E-state index contributed by atoms with van der Waals surface area (Å²) in [6.07, 6.45) is 1.31. The van der Waals surface area contributed by atoms with Crippen LogP contribution >= 0.6 is 11.8 Å². The minimum absolute atomic E-state index is 0.528. The predicted molar refractivity (Wildman–Crippen MR) is 78.1 cm³/mol. The summed E-state index contributed by atoms with van der Waals surface area (Å²) in [5.41, 5.74) is 8.15. The average Bonchev–Trinajstić information content (AvgIpc) is 2.92. The third kappa shape index (κ3) is 3.19. The Bertz CT molecular complexity index is 391. The predicted octanol–water partition coefficient (Wildman–Crippen LogP) is 2.09. The van der Waals surface area contributed by atoms with E-state index < -0.39 is 0 Å². The summed E-state index contributed by atoms with van der Waals surface area (Å²) in [6.45, 7) is 1.52. The van der Waals surface area contributed by atoms with Crippen LogP contribution in [0.4, 0.5) is 0 Å². The van der Waals surface area contributed by atoms with Gasteiger partial charge < -0.3 is 10.5 Å². The van der Waals surface area contributed by atoms with Crippen molar-refractivity contribution in [1.82, 2.24) is 4.90 Å². The van der Waals surface area contributed by atoms with Crippen molar-refractivity contribution >= 4 is 11.8 Å². The lowest BCUT2D eigenvalue weighted by Gasteiger charge is -2.23. The molecular weight excluding hydrogens is 244 g/mol. The lowest BCUT2D eigenvalue weighted by atomic mass is 10.1. The maximum absolute atomic E-state index is 5.75. The van der Waals surface area contributed by atoms with Crippen LogP contribution in [0.3, 0.4) is 0 Å². The zero-order chi connectivity index (χ0) is 13.0. The maximum Gasteiger partial charge on any atom is 0.123 e. The lowest BCUT2D eigenvalue weighted by Crippen LogP contribution is -2.30. The number of hydrogen-bond donors (Lipinski definition) is 1. The number of ether oxygens (including phenoxy) is 1. The van der Waals surface area contributed by atoms with Gasteiger partial charge in [0.25, 0.3) is 0 Å². The highest BCUT2D eigenvalue weighted by atomic mass is 32.2. The van der Waals surface area contributed by atoms with E-state index in [1.165, 1.54) is 23.5 Å². The van der Waals surface area contributed by atoms with Crippen molar-refractivity contribution in [3.8, 4) is 5.75 Å². The van der Waals surface area contributed by atoms with Crippen LogP contribution in [0.25, 0.3) is 0 Å². The van der Waals surface area contributed by atoms with Crippen LogP contribution in [-0.4, -0.2) is 36.6 Å². The van der Waals surface area contributed by atoms with Crippen LogP contribution in [0, 0.1) is 0 Å². The topological polar surface area (TPSA) is 38.5 Å². The molecule has 0 spiro atoms. The van der Waals surface area contributed by atoms with Crippen LogP contribution in [0.2, 0.25) is 0 Å². The molecule has 0 radical (unpaired) electrons. The number of methoxy groups -OCH3 is 1. The van der Waals surface area contributed by atoms with Gasteiger partial charge in [-0.2, -0.15) is 11.8 Å². The molecule has 1 heterocycles. The highest BCUT2D eigenvalue weighted by molar-refractivity contribution is 7.99. The highest BCUT2D eigenvalue weighted by Crippen LogP contribution is 2.24. The summed E-state index contributed by atoms with van der Waals surface area (Å²) in [6, 6.07) is 7.04. The van der Waals surface area contributed by atoms with Crippen LogP contribution in [0.1, 0.15) is 17.5 Å². The van der Waals surface area contributed by atoms with Crippen LogP contribution < -0.4 is 10.5 Å². The molecule has 2 N–H and O–H groups in total. The van der Waals surface area contributed by atoms with Crippen molar-refractivity contribution in [3.63, 3.8) is 0 Å². The number of benzene rings is 1. The van der Waals surface area contributed by atoms with Gasteiger partial charge in [0.1, 0.15) is 5.75 Å². The molecular formula is C14H22N2OS. The Kier molecular flexibility index (Phi) is 4.92. The second-order valence-electron chi connectivity index (χ2n) is 4.78. The van der Waals surface area contributed by atoms with E-state index in [1.807, 2.05) is 6.07 Å². The molecule has 3 nitrogen and oxygen atoms in total. The molecule has 0 amide bonds. The first-order chi connectivity index (χ1) is 8.74. The summed E-state index contributed by atoms with van der Waals surface area (Å²) in [4.78, 5) is 2.45. The molecule has 18 heavy (non-hydrogen) atoms. The molecule has 1 saturated heterocycles. The SMILES string of the molecule is COc1ccc(CN(C)C2CCSC2)cc1CN. The van der Waals surface area contributed by atoms with Crippen molar-refractivity contribution in [3.05, 3.63) is 29.3 Å². The lowest BCUT2D eigenvalue weighted by molar-refractivity contribution is 0.254. The Labute approximate surface area is 114 Å². The molecule has 0 bridgehead atoms. The summed E-state index contributed by atoms with van der Waals surface area (Å²) < 4.78 is 5.30. The van der Waals surface area contributed by atoms with E-state index in [2.05, 4.69) is 35.8 Å². The Hall–Kier alpha value is -0.710. The van der Waals surface area contributed by atoms with Gasteiger partial charge in [0.15, 0.2) is 0 Å². The van der Waals surface area contributed by atoms with E-state index in [0.717, 1.165) is 23.9 Å². The Morgan fingerprint density at radius 3 is 2.94 bits per heavy atom. The van der Waals surface area contributed by atoms with Gasteiger partial charge in [0.05, 0.1) is 7.11 Å². The molecule has 1 unspecified atom stereocenters. The second kappa shape index (κ2) is 6.45. The van der Waals surface area contributed by atoms with Gasteiger partial charge in [0.2, 0.25) is 0 Å². The molecule has 1 fully saturated rings. The van der Waals surface area contributed by atoms with E-state index in [9.17, 15) is 0 Å². The quantitative estimate of drug-likeness (QED) is 0.885. The zero-order valence-electron chi connectivity index (χ0n) is 11.2. The molecule has 0 aromatic heterocycles. The van der Waals surface area contributed by atoms with Crippen LogP contribution in [0.15, 0.2) is 18.2 Å². The van der Waals surface area contributed by atoms with Gasteiger partial charge in [-0.1, -0.05) is 6.07 Å². The summed E-state index contributed by atoms with van der Waals surface area (Å²) in [5, 5.41) is 0. The fourth-order valence-electron chi connectivity index (χ4n) is 2.38. The average molecular weight is 266 g/mol. The largest absolute Gasteiger partial charge is 0.496 e. The van der Waals surface area contributed by atoms with E-state index in [-0.39, 0.29) is 0 Å². The van der Waals surface area contributed by atoms with E-state index in [0.29, 0.717) is 6.54 Å². The fraction of sp³-hybridized carbons (Fsp3) is 0.571. The molecule has 1 aliphatic rings. The van der Waals surface area contributed by atoms with Crippen LogP contribution in [0.5, 0.6) is 5.75 Å². The van der Waals surface area contributed by atoms with Gasteiger partial charge in [-0.05, 0) is 36.9 Å². The Morgan fingerprint density at radius 1 is 1.50 bits per heavy atom. The third-order valence-electron chi connectivity index (χ3n) is 3.53. The summed E-state index contributed by atoms with van der Waals surface area (Å²) in [5.74, 6) is 3.45. The molecule has 1 aromatic carbocycles. The van der Waals surface area contributed by atoms with Crippen molar-refractivity contribution in [2.75, 3.05) is 25.7 Å². The second-order valence-corrected chi connectivity index (χ2v) is 5.93. The van der Waals surface area contributed by atoms with Crippen molar-refractivity contribution in [1.29, 1.82) is 0 Å². The standard InChI is InChI=1S/C14H22N2OS/c1-16(13-5-6-18-10-13)9-11-3-4-14(17-2)12(7-11)8-15/h3-4,7,13H,5-6,8-10,15H2,1-2H3. The van der Waals surface area contributed by atoms with Gasteiger partial charge in [0, 0.05) is 30.4 Å². The third-order valence-corrected chi connectivity index (χ3v) is 4.67.